The van der Waals surface area contributed by atoms with Crippen LogP contribution < -0.4 is 9.64 Å². The predicted octanol–water partition coefficient (Wildman–Crippen LogP) is 3.04. The lowest BCUT2D eigenvalue weighted by atomic mass is 9.88. The Morgan fingerprint density at radius 2 is 2.23 bits per heavy atom. The number of rotatable bonds is 5. The summed E-state index contributed by atoms with van der Waals surface area (Å²) in [7, 11) is 3.28. The molecule has 1 aliphatic carbocycles. The van der Waals surface area contributed by atoms with Gasteiger partial charge in [-0.25, -0.2) is 4.98 Å². The van der Waals surface area contributed by atoms with Gasteiger partial charge in [-0.2, -0.15) is 0 Å². The third-order valence-electron chi connectivity index (χ3n) is 4.27. The summed E-state index contributed by atoms with van der Waals surface area (Å²) in [6.45, 7) is 4.07. The Labute approximate surface area is 132 Å². The van der Waals surface area contributed by atoms with Crippen LogP contribution in [0.3, 0.4) is 0 Å². The second kappa shape index (κ2) is 7.58. The van der Waals surface area contributed by atoms with E-state index in [-0.39, 0.29) is 12.0 Å². The summed E-state index contributed by atoms with van der Waals surface area (Å²) in [5, 5.41) is 0. The molecule has 1 fully saturated rings. The highest BCUT2D eigenvalue weighted by atomic mass is 16.5. The lowest BCUT2D eigenvalue weighted by molar-refractivity contribution is -0.134. The van der Waals surface area contributed by atoms with Crippen molar-refractivity contribution in [3.8, 4) is 5.88 Å². The molecule has 1 heterocycles. The number of hydrogen-bond donors (Lipinski definition) is 0. The molecule has 0 saturated heterocycles. The zero-order valence-corrected chi connectivity index (χ0v) is 13.9. The number of pyridine rings is 1. The highest BCUT2D eigenvalue weighted by molar-refractivity contribution is 5.96. The van der Waals surface area contributed by atoms with Crippen LogP contribution in [0, 0.1) is 5.92 Å². The zero-order chi connectivity index (χ0) is 16.1. The van der Waals surface area contributed by atoms with Crippen molar-refractivity contribution >= 4 is 11.6 Å². The van der Waals surface area contributed by atoms with Gasteiger partial charge in [-0.15, -0.1) is 0 Å². The van der Waals surface area contributed by atoms with E-state index in [1.807, 2.05) is 13.0 Å². The van der Waals surface area contributed by atoms with E-state index >= 15 is 0 Å². The number of carbonyl (C=O) groups is 1. The molecule has 1 aromatic heterocycles. The minimum absolute atomic E-state index is 0.0791. The van der Waals surface area contributed by atoms with Gasteiger partial charge in [0.1, 0.15) is 11.8 Å². The third kappa shape index (κ3) is 3.97. The van der Waals surface area contributed by atoms with Crippen LogP contribution in [0.4, 0.5) is 5.69 Å². The molecule has 0 bridgehead atoms. The van der Waals surface area contributed by atoms with Crippen molar-refractivity contribution in [1.82, 2.24) is 4.98 Å². The molecule has 0 aromatic carbocycles. The van der Waals surface area contributed by atoms with Crippen LogP contribution >= 0.6 is 0 Å². The molecular weight excluding hydrogens is 280 g/mol. The lowest BCUT2D eigenvalue weighted by Gasteiger charge is -2.30. The third-order valence-corrected chi connectivity index (χ3v) is 4.27. The average molecular weight is 306 g/mol. The second-order valence-corrected chi connectivity index (χ2v) is 6.10. The molecule has 0 radical (unpaired) electrons. The molecule has 5 heteroatoms. The molecule has 0 N–H and O–H groups in total. The number of ether oxygens (including phenoxy) is 2. The Kier molecular flexibility index (Phi) is 5.77. The smallest absolute Gasteiger partial charge is 0.255 e. The van der Waals surface area contributed by atoms with Gasteiger partial charge in [0.15, 0.2) is 0 Å². The van der Waals surface area contributed by atoms with Crippen molar-refractivity contribution in [2.45, 2.75) is 51.7 Å². The lowest BCUT2D eigenvalue weighted by Crippen LogP contribution is -2.39. The summed E-state index contributed by atoms with van der Waals surface area (Å²) < 4.78 is 11.2. The fraction of sp³-hybridized carbons (Fsp3) is 0.647. The number of methoxy groups -OCH3 is 1. The van der Waals surface area contributed by atoms with Gasteiger partial charge < -0.3 is 14.4 Å². The van der Waals surface area contributed by atoms with E-state index in [2.05, 4.69) is 11.9 Å². The molecule has 1 aliphatic rings. The van der Waals surface area contributed by atoms with Gasteiger partial charge in [-0.05, 0) is 37.8 Å². The first-order valence-corrected chi connectivity index (χ1v) is 7.95. The molecule has 0 spiro atoms. The highest BCUT2D eigenvalue weighted by Crippen LogP contribution is 2.28. The van der Waals surface area contributed by atoms with E-state index in [0.29, 0.717) is 17.5 Å². The number of likely N-dealkylation sites (N-methyl/N-ethyl adjacent to an activating group) is 1. The molecular formula is C17H26N2O3. The maximum Gasteiger partial charge on any atom is 0.255 e. The van der Waals surface area contributed by atoms with Crippen LogP contribution in [-0.4, -0.2) is 37.3 Å². The summed E-state index contributed by atoms with van der Waals surface area (Å²) in [6.07, 6.45) is 5.88. The van der Waals surface area contributed by atoms with Gasteiger partial charge in [0.05, 0.1) is 13.2 Å². The normalized spacial score (nSPS) is 22.9. The van der Waals surface area contributed by atoms with E-state index in [1.54, 1.807) is 31.3 Å². The second-order valence-electron chi connectivity index (χ2n) is 6.10. The van der Waals surface area contributed by atoms with Crippen molar-refractivity contribution in [3.63, 3.8) is 0 Å². The average Bonchev–Trinajstić information content (AvgIpc) is 2.53. The van der Waals surface area contributed by atoms with E-state index in [9.17, 15) is 4.79 Å². The predicted molar refractivity (Wildman–Crippen MR) is 86.2 cm³/mol. The molecule has 5 nitrogen and oxygen atoms in total. The van der Waals surface area contributed by atoms with E-state index in [1.165, 1.54) is 12.8 Å². The molecule has 122 valence electrons. The van der Waals surface area contributed by atoms with Crippen molar-refractivity contribution in [1.29, 1.82) is 0 Å². The van der Waals surface area contributed by atoms with Gasteiger partial charge in [0.25, 0.3) is 5.91 Å². The Balaban J connectivity index is 2.00. The van der Waals surface area contributed by atoms with Crippen LogP contribution in [-0.2, 0) is 9.53 Å². The number of carbonyl (C=O) groups excluding carboxylic acids is 1. The van der Waals surface area contributed by atoms with Crippen molar-refractivity contribution < 1.29 is 14.3 Å². The first-order valence-electron chi connectivity index (χ1n) is 7.95. The first kappa shape index (κ1) is 16.7. The highest BCUT2D eigenvalue weighted by Gasteiger charge is 2.27. The van der Waals surface area contributed by atoms with Crippen molar-refractivity contribution in [2.24, 2.45) is 5.92 Å². The molecule has 0 aliphatic heterocycles. The van der Waals surface area contributed by atoms with Crippen molar-refractivity contribution in [2.75, 3.05) is 19.1 Å². The fourth-order valence-corrected chi connectivity index (χ4v) is 3.04. The molecule has 1 aromatic rings. The minimum Gasteiger partial charge on any atom is -0.480 e. The molecule has 1 amide bonds. The standard InChI is InChI=1S/C17H26N2O3/c1-12-7-5-8-14(11-12)22-13(2)17(20)19(3)15-9-6-10-18-16(15)21-4/h6,9-10,12-14H,5,7-8,11H2,1-4H3. The maximum absolute atomic E-state index is 12.6. The molecule has 2 rings (SSSR count). The number of amides is 1. The van der Waals surface area contributed by atoms with Crippen LogP contribution in [0.2, 0.25) is 0 Å². The zero-order valence-electron chi connectivity index (χ0n) is 13.9. The monoisotopic (exact) mass is 306 g/mol. The maximum atomic E-state index is 12.6. The summed E-state index contributed by atoms with van der Waals surface area (Å²) in [5.74, 6) is 1.04. The first-order chi connectivity index (χ1) is 10.5. The van der Waals surface area contributed by atoms with Crippen LogP contribution in [0.15, 0.2) is 18.3 Å². The fourth-order valence-electron chi connectivity index (χ4n) is 3.04. The summed E-state index contributed by atoms with van der Waals surface area (Å²) in [6, 6.07) is 3.61. The van der Waals surface area contributed by atoms with Crippen LogP contribution in [0.1, 0.15) is 39.5 Å². The largest absolute Gasteiger partial charge is 0.480 e. The number of aromatic nitrogens is 1. The number of anilines is 1. The Morgan fingerprint density at radius 3 is 2.91 bits per heavy atom. The topological polar surface area (TPSA) is 51.7 Å². The van der Waals surface area contributed by atoms with Gasteiger partial charge in [0.2, 0.25) is 5.88 Å². The Hall–Kier alpha value is -1.62. The quantitative estimate of drug-likeness (QED) is 0.839. The summed E-state index contributed by atoms with van der Waals surface area (Å²) >= 11 is 0. The summed E-state index contributed by atoms with van der Waals surface area (Å²) in [5.41, 5.74) is 0.655. The molecule has 3 atom stereocenters. The van der Waals surface area contributed by atoms with E-state index in [0.717, 1.165) is 12.8 Å². The van der Waals surface area contributed by atoms with Gasteiger partial charge in [-0.1, -0.05) is 19.8 Å². The molecule has 1 saturated carbocycles. The Morgan fingerprint density at radius 1 is 1.45 bits per heavy atom. The molecule has 3 unspecified atom stereocenters. The van der Waals surface area contributed by atoms with Crippen LogP contribution in [0.5, 0.6) is 5.88 Å². The SMILES string of the molecule is COc1ncccc1N(C)C(=O)C(C)OC1CCCC(C)C1. The number of hydrogen-bond acceptors (Lipinski definition) is 4. The summed E-state index contributed by atoms with van der Waals surface area (Å²) in [4.78, 5) is 18.3. The number of nitrogens with zero attached hydrogens (tertiary/aromatic N) is 2. The van der Waals surface area contributed by atoms with Gasteiger partial charge >= 0.3 is 0 Å². The van der Waals surface area contributed by atoms with E-state index < -0.39 is 6.10 Å². The van der Waals surface area contributed by atoms with Gasteiger partial charge in [0, 0.05) is 13.2 Å². The van der Waals surface area contributed by atoms with Crippen LogP contribution in [0.25, 0.3) is 0 Å². The van der Waals surface area contributed by atoms with Gasteiger partial charge in [-0.3, -0.25) is 4.79 Å². The minimum atomic E-state index is -0.467. The van der Waals surface area contributed by atoms with Crippen molar-refractivity contribution in [3.05, 3.63) is 18.3 Å². The van der Waals surface area contributed by atoms with E-state index in [4.69, 9.17) is 9.47 Å². The molecule has 22 heavy (non-hydrogen) atoms. The Bertz CT molecular complexity index is 506.